The lowest BCUT2D eigenvalue weighted by atomic mass is 9.91. The van der Waals surface area contributed by atoms with Gasteiger partial charge in [0.05, 0.1) is 5.92 Å². The summed E-state index contributed by atoms with van der Waals surface area (Å²) in [4.78, 5) is 25.4. The van der Waals surface area contributed by atoms with Crippen molar-refractivity contribution in [3.63, 3.8) is 0 Å². The lowest BCUT2D eigenvalue weighted by Gasteiger charge is -2.31. The van der Waals surface area contributed by atoms with E-state index in [4.69, 9.17) is 0 Å². The summed E-state index contributed by atoms with van der Waals surface area (Å²) in [5, 5.41) is 0. The third-order valence-corrected chi connectivity index (χ3v) is 3.30. The van der Waals surface area contributed by atoms with Crippen molar-refractivity contribution >= 4 is 17.4 Å². The molecule has 0 saturated carbocycles. The molecular formula is C14H16FNO2. The van der Waals surface area contributed by atoms with Gasteiger partial charge in [0.25, 0.3) is 0 Å². The summed E-state index contributed by atoms with van der Waals surface area (Å²) < 4.78 is 13.2. The number of hydrogen-bond acceptors (Lipinski definition) is 2. The molecule has 4 heteroatoms. The van der Waals surface area contributed by atoms with E-state index < -0.39 is 5.92 Å². The average molecular weight is 249 g/mol. The number of halogens is 1. The summed E-state index contributed by atoms with van der Waals surface area (Å²) in [5.74, 6) is -1.14. The number of nitrogens with zero attached hydrogens (tertiary/aromatic N) is 1. The topological polar surface area (TPSA) is 37.4 Å². The molecule has 1 aliphatic heterocycles. The summed E-state index contributed by atoms with van der Waals surface area (Å²) in [6.07, 6.45) is 1.75. The van der Waals surface area contributed by atoms with E-state index in [-0.39, 0.29) is 17.5 Å². The standard InChI is InChI=1S/C14H16FNO2/c1-2-13(17)12-7-4-8-16(14(12)18)11-6-3-5-10(15)9-11/h3,5-6,9,12H,2,4,7-8H2,1H3. The molecule has 1 heterocycles. The van der Waals surface area contributed by atoms with Crippen molar-refractivity contribution in [3.8, 4) is 0 Å². The first-order chi connectivity index (χ1) is 8.63. The number of benzene rings is 1. The SMILES string of the molecule is CCC(=O)C1CCCN(c2cccc(F)c2)C1=O. The van der Waals surface area contributed by atoms with Crippen molar-refractivity contribution < 1.29 is 14.0 Å². The second kappa shape index (κ2) is 5.29. The minimum Gasteiger partial charge on any atom is -0.312 e. The van der Waals surface area contributed by atoms with Crippen LogP contribution < -0.4 is 4.90 Å². The number of ketones is 1. The molecule has 1 saturated heterocycles. The van der Waals surface area contributed by atoms with Gasteiger partial charge in [0.1, 0.15) is 11.6 Å². The summed E-state index contributed by atoms with van der Waals surface area (Å²) in [6, 6.07) is 5.94. The van der Waals surface area contributed by atoms with Gasteiger partial charge in [-0.25, -0.2) is 4.39 Å². The van der Waals surface area contributed by atoms with Gasteiger partial charge < -0.3 is 4.90 Å². The summed E-state index contributed by atoms with van der Waals surface area (Å²) >= 11 is 0. The molecule has 2 rings (SSSR count). The van der Waals surface area contributed by atoms with Crippen LogP contribution in [0.4, 0.5) is 10.1 Å². The number of amides is 1. The van der Waals surface area contributed by atoms with Gasteiger partial charge in [-0.2, -0.15) is 0 Å². The highest BCUT2D eigenvalue weighted by molar-refractivity contribution is 6.08. The summed E-state index contributed by atoms with van der Waals surface area (Å²) in [6.45, 7) is 2.31. The fourth-order valence-corrected chi connectivity index (χ4v) is 2.32. The second-order valence-electron chi connectivity index (χ2n) is 4.48. The first-order valence-corrected chi connectivity index (χ1v) is 6.23. The van der Waals surface area contributed by atoms with E-state index in [0.29, 0.717) is 25.1 Å². The lowest BCUT2D eigenvalue weighted by Crippen LogP contribution is -2.44. The summed E-state index contributed by atoms with van der Waals surface area (Å²) in [5.41, 5.74) is 0.536. The van der Waals surface area contributed by atoms with Gasteiger partial charge in [-0.15, -0.1) is 0 Å². The van der Waals surface area contributed by atoms with Gasteiger partial charge in [0.2, 0.25) is 5.91 Å². The minimum absolute atomic E-state index is 0.0268. The molecule has 1 amide bonds. The van der Waals surface area contributed by atoms with Crippen molar-refractivity contribution in [2.24, 2.45) is 5.92 Å². The number of anilines is 1. The van der Waals surface area contributed by atoms with Gasteiger partial charge in [0, 0.05) is 18.7 Å². The van der Waals surface area contributed by atoms with Gasteiger partial charge in [0.15, 0.2) is 0 Å². The van der Waals surface area contributed by atoms with Gasteiger partial charge in [-0.05, 0) is 31.0 Å². The molecule has 0 aromatic heterocycles. The largest absolute Gasteiger partial charge is 0.312 e. The molecule has 1 aliphatic rings. The Labute approximate surface area is 106 Å². The molecule has 96 valence electrons. The molecule has 0 bridgehead atoms. The molecule has 0 radical (unpaired) electrons. The Bertz CT molecular complexity index is 473. The highest BCUT2D eigenvalue weighted by atomic mass is 19.1. The monoisotopic (exact) mass is 249 g/mol. The van der Waals surface area contributed by atoms with Gasteiger partial charge in [-0.3, -0.25) is 9.59 Å². The Morgan fingerprint density at radius 2 is 2.28 bits per heavy atom. The molecular weight excluding hydrogens is 233 g/mol. The van der Waals surface area contributed by atoms with Crippen molar-refractivity contribution in [3.05, 3.63) is 30.1 Å². The van der Waals surface area contributed by atoms with E-state index in [2.05, 4.69) is 0 Å². The maximum Gasteiger partial charge on any atom is 0.237 e. The molecule has 1 aromatic carbocycles. The maximum absolute atomic E-state index is 13.2. The molecule has 0 N–H and O–H groups in total. The van der Waals surface area contributed by atoms with E-state index in [1.54, 1.807) is 19.1 Å². The van der Waals surface area contributed by atoms with Gasteiger partial charge in [-0.1, -0.05) is 13.0 Å². The number of rotatable bonds is 3. The van der Waals surface area contributed by atoms with Crippen LogP contribution in [0.2, 0.25) is 0 Å². The van der Waals surface area contributed by atoms with Crippen molar-refractivity contribution in [2.45, 2.75) is 26.2 Å². The molecule has 1 fully saturated rings. The highest BCUT2D eigenvalue weighted by Gasteiger charge is 2.33. The zero-order chi connectivity index (χ0) is 13.1. The predicted octanol–water partition coefficient (Wildman–Crippen LogP) is 2.55. The number of hydrogen-bond donors (Lipinski definition) is 0. The Kier molecular flexibility index (Phi) is 3.75. The zero-order valence-electron chi connectivity index (χ0n) is 10.4. The molecule has 18 heavy (non-hydrogen) atoms. The van der Waals surface area contributed by atoms with Gasteiger partial charge >= 0.3 is 0 Å². The van der Waals surface area contributed by atoms with E-state index in [0.717, 1.165) is 6.42 Å². The van der Waals surface area contributed by atoms with Crippen molar-refractivity contribution in [2.75, 3.05) is 11.4 Å². The zero-order valence-corrected chi connectivity index (χ0v) is 10.4. The first-order valence-electron chi connectivity index (χ1n) is 6.23. The maximum atomic E-state index is 13.2. The molecule has 1 atom stereocenters. The van der Waals surface area contributed by atoms with E-state index in [1.807, 2.05) is 0 Å². The Balaban J connectivity index is 2.23. The van der Waals surface area contributed by atoms with E-state index in [1.165, 1.54) is 17.0 Å². The predicted molar refractivity (Wildman–Crippen MR) is 66.8 cm³/mol. The molecule has 0 spiro atoms. The van der Waals surface area contributed by atoms with Crippen LogP contribution >= 0.6 is 0 Å². The second-order valence-corrected chi connectivity index (χ2v) is 4.48. The average Bonchev–Trinajstić information content (AvgIpc) is 2.38. The minimum atomic E-state index is -0.549. The Morgan fingerprint density at radius 1 is 1.50 bits per heavy atom. The van der Waals surface area contributed by atoms with Crippen LogP contribution in [0.15, 0.2) is 24.3 Å². The van der Waals surface area contributed by atoms with Crippen LogP contribution in [0.3, 0.4) is 0 Å². The van der Waals surface area contributed by atoms with Crippen molar-refractivity contribution in [1.82, 2.24) is 0 Å². The van der Waals surface area contributed by atoms with Crippen LogP contribution in [-0.4, -0.2) is 18.2 Å². The van der Waals surface area contributed by atoms with Crippen molar-refractivity contribution in [1.29, 1.82) is 0 Å². The van der Waals surface area contributed by atoms with Crippen LogP contribution in [0, 0.1) is 11.7 Å². The third-order valence-electron chi connectivity index (χ3n) is 3.30. The fraction of sp³-hybridized carbons (Fsp3) is 0.429. The Hall–Kier alpha value is -1.71. The van der Waals surface area contributed by atoms with E-state index >= 15 is 0 Å². The lowest BCUT2D eigenvalue weighted by molar-refractivity contribution is -0.133. The normalized spacial score (nSPS) is 20.0. The third kappa shape index (κ3) is 2.42. The van der Waals surface area contributed by atoms with Crippen LogP contribution in [0.1, 0.15) is 26.2 Å². The highest BCUT2D eigenvalue weighted by Crippen LogP contribution is 2.26. The van der Waals surface area contributed by atoms with Crippen LogP contribution in [0.5, 0.6) is 0 Å². The smallest absolute Gasteiger partial charge is 0.237 e. The molecule has 1 aromatic rings. The quantitative estimate of drug-likeness (QED) is 0.772. The first kappa shape index (κ1) is 12.7. The molecule has 1 unspecified atom stereocenters. The van der Waals surface area contributed by atoms with Crippen LogP contribution in [-0.2, 0) is 9.59 Å². The Morgan fingerprint density at radius 3 is 2.94 bits per heavy atom. The molecule has 3 nitrogen and oxygen atoms in total. The number of piperidine rings is 1. The summed E-state index contributed by atoms with van der Waals surface area (Å²) in [7, 11) is 0. The van der Waals surface area contributed by atoms with E-state index in [9.17, 15) is 14.0 Å². The molecule has 0 aliphatic carbocycles. The number of Topliss-reactive ketones (excluding diaryl/α,β-unsaturated/α-hetero) is 1. The number of carbonyl (C=O) groups excluding carboxylic acids is 2. The number of carbonyl (C=O) groups is 2. The van der Waals surface area contributed by atoms with Crippen LogP contribution in [0.25, 0.3) is 0 Å². The fourth-order valence-electron chi connectivity index (χ4n) is 2.32.